The van der Waals surface area contributed by atoms with E-state index in [0.29, 0.717) is 0 Å². The average Bonchev–Trinajstić information content (AvgIpc) is 3.08. The molecular formula is C14H16N4O. The molecule has 0 radical (unpaired) electrons. The van der Waals surface area contributed by atoms with Crippen LogP contribution in [0, 0.1) is 0 Å². The number of benzene rings is 1. The van der Waals surface area contributed by atoms with Crippen molar-refractivity contribution >= 4 is 17.3 Å². The molecule has 1 aliphatic heterocycles. The third-order valence-corrected chi connectivity index (χ3v) is 3.38. The molecule has 2 aromatic rings. The molecule has 1 aliphatic rings. The molecule has 3 rings (SSSR count). The van der Waals surface area contributed by atoms with Gasteiger partial charge in [0.15, 0.2) is 0 Å². The van der Waals surface area contributed by atoms with Crippen LogP contribution in [0.3, 0.4) is 0 Å². The van der Waals surface area contributed by atoms with Gasteiger partial charge in [0.05, 0.1) is 0 Å². The maximum Gasteiger partial charge on any atom is 0.248 e. The van der Waals surface area contributed by atoms with Crippen LogP contribution in [0.25, 0.3) is 0 Å². The molecule has 2 N–H and O–H groups in total. The van der Waals surface area contributed by atoms with Gasteiger partial charge < -0.3 is 10.6 Å². The summed E-state index contributed by atoms with van der Waals surface area (Å²) in [6, 6.07) is 7.45. The van der Waals surface area contributed by atoms with Crippen molar-refractivity contribution in [2.75, 3.05) is 17.2 Å². The van der Waals surface area contributed by atoms with Crippen molar-refractivity contribution in [2.45, 2.75) is 19.4 Å². The van der Waals surface area contributed by atoms with Crippen molar-refractivity contribution in [3.8, 4) is 0 Å². The van der Waals surface area contributed by atoms with E-state index in [1.807, 2.05) is 31.2 Å². The fourth-order valence-electron chi connectivity index (χ4n) is 2.26. The van der Waals surface area contributed by atoms with E-state index in [1.54, 1.807) is 17.1 Å². The Morgan fingerprint density at radius 2 is 2.42 bits per heavy atom. The number of carbonyl (C=O) groups is 1. The molecule has 0 spiro atoms. The average molecular weight is 256 g/mol. The highest BCUT2D eigenvalue weighted by Crippen LogP contribution is 2.25. The molecule has 0 bridgehead atoms. The Bertz CT molecular complexity index is 591. The number of hydrogen-bond acceptors (Lipinski definition) is 3. The summed E-state index contributed by atoms with van der Waals surface area (Å²) < 4.78 is 1.64. The highest BCUT2D eigenvalue weighted by molar-refractivity contribution is 5.93. The summed E-state index contributed by atoms with van der Waals surface area (Å²) in [6.07, 6.45) is 4.47. The maximum atomic E-state index is 12.1. The summed E-state index contributed by atoms with van der Waals surface area (Å²) in [4.78, 5) is 12.1. The number of amides is 1. The monoisotopic (exact) mass is 256 g/mol. The molecule has 1 amide bonds. The lowest BCUT2D eigenvalue weighted by atomic mass is 10.1. The summed E-state index contributed by atoms with van der Waals surface area (Å²) >= 11 is 0. The summed E-state index contributed by atoms with van der Waals surface area (Å²) in [6.45, 7) is 2.80. The molecule has 1 unspecified atom stereocenters. The van der Waals surface area contributed by atoms with E-state index in [-0.39, 0.29) is 11.9 Å². The standard InChI is InChI=1S/C14H16N4O/c1-10(18-8-2-6-16-18)14(19)17-12-3-4-13-11(9-12)5-7-15-13/h2-4,6,8-10,15H,5,7H2,1H3,(H,17,19). The Balaban J connectivity index is 1.73. The number of fused-ring (bicyclic) bond motifs is 1. The van der Waals surface area contributed by atoms with Crippen LogP contribution >= 0.6 is 0 Å². The van der Waals surface area contributed by atoms with Gasteiger partial charge in [0, 0.05) is 30.3 Å². The summed E-state index contributed by atoms with van der Waals surface area (Å²) in [7, 11) is 0. The molecule has 5 heteroatoms. The smallest absolute Gasteiger partial charge is 0.248 e. The second-order valence-corrected chi connectivity index (χ2v) is 4.70. The topological polar surface area (TPSA) is 59.0 Å². The molecular weight excluding hydrogens is 240 g/mol. The minimum atomic E-state index is -0.318. The molecule has 98 valence electrons. The first-order chi connectivity index (χ1) is 9.24. The number of carbonyl (C=O) groups excluding carboxylic acids is 1. The highest BCUT2D eigenvalue weighted by atomic mass is 16.2. The minimum absolute atomic E-state index is 0.0605. The normalized spacial score (nSPS) is 14.6. The van der Waals surface area contributed by atoms with Crippen molar-refractivity contribution in [3.63, 3.8) is 0 Å². The van der Waals surface area contributed by atoms with E-state index >= 15 is 0 Å². The molecule has 1 atom stereocenters. The molecule has 0 aliphatic carbocycles. The fraction of sp³-hybridized carbons (Fsp3) is 0.286. The van der Waals surface area contributed by atoms with Crippen LogP contribution in [0.1, 0.15) is 18.5 Å². The Morgan fingerprint density at radius 3 is 3.21 bits per heavy atom. The van der Waals surface area contributed by atoms with Gasteiger partial charge in [-0.1, -0.05) is 0 Å². The van der Waals surface area contributed by atoms with Crippen LogP contribution in [0.5, 0.6) is 0 Å². The predicted octanol–water partition coefficient (Wildman–Crippen LogP) is 2.05. The lowest BCUT2D eigenvalue weighted by molar-refractivity contribution is -0.119. The number of nitrogens with zero attached hydrogens (tertiary/aromatic N) is 2. The second kappa shape index (κ2) is 4.76. The van der Waals surface area contributed by atoms with Crippen molar-refractivity contribution in [2.24, 2.45) is 0 Å². The Kier molecular flexibility index (Phi) is 2.95. The molecule has 0 saturated heterocycles. The zero-order chi connectivity index (χ0) is 13.2. The number of rotatable bonds is 3. The van der Waals surface area contributed by atoms with Crippen molar-refractivity contribution < 1.29 is 4.79 Å². The molecule has 5 nitrogen and oxygen atoms in total. The van der Waals surface area contributed by atoms with Crippen molar-refractivity contribution in [1.82, 2.24) is 9.78 Å². The number of aromatic nitrogens is 2. The lowest BCUT2D eigenvalue weighted by Crippen LogP contribution is -2.24. The van der Waals surface area contributed by atoms with Crippen LogP contribution in [0.4, 0.5) is 11.4 Å². The van der Waals surface area contributed by atoms with E-state index in [0.717, 1.165) is 24.3 Å². The molecule has 2 heterocycles. The largest absolute Gasteiger partial charge is 0.384 e. The van der Waals surface area contributed by atoms with Gasteiger partial charge in [-0.05, 0) is 43.2 Å². The molecule has 0 saturated carbocycles. The van der Waals surface area contributed by atoms with Crippen molar-refractivity contribution in [1.29, 1.82) is 0 Å². The van der Waals surface area contributed by atoms with E-state index in [2.05, 4.69) is 15.7 Å². The molecule has 0 fully saturated rings. The summed E-state index contributed by atoms with van der Waals surface area (Å²) in [5.41, 5.74) is 3.26. The first kappa shape index (κ1) is 11.8. The Hall–Kier alpha value is -2.30. The van der Waals surface area contributed by atoms with Crippen LogP contribution in [-0.4, -0.2) is 22.2 Å². The molecule has 19 heavy (non-hydrogen) atoms. The van der Waals surface area contributed by atoms with Gasteiger partial charge in [-0.3, -0.25) is 9.48 Å². The van der Waals surface area contributed by atoms with E-state index in [9.17, 15) is 4.79 Å². The zero-order valence-electron chi connectivity index (χ0n) is 10.8. The summed E-state index contributed by atoms with van der Waals surface area (Å²) in [5.74, 6) is -0.0605. The second-order valence-electron chi connectivity index (χ2n) is 4.70. The van der Waals surface area contributed by atoms with E-state index in [1.165, 1.54) is 5.56 Å². The van der Waals surface area contributed by atoms with E-state index in [4.69, 9.17) is 0 Å². The zero-order valence-corrected chi connectivity index (χ0v) is 10.8. The maximum absolute atomic E-state index is 12.1. The van der Waals surface area contributed by atoms with E-state index < -0.39 is 0 Å². The van der Waals surface area contributed by atoms with Gasteiger partial charge in [0.25, 0.3) is 0 Å². The van der Waals surface area contributed by atoms with Gasteiger partial charge in [0.1, 0.15) is 6.04 Å². The van der Waals surface area contributed by atoms with Gasteiger partial charge in [-0.2, -0.15) is 5.10 Å². The Morgan fingerprint density at radius 1 is 1.53 bits per heavy atom. The number of anilines is 2. The highest BCUT2D eigenvalue weighted by Gasteiger charge is 2.16. The SMILES string of the molecule is CC(C(=O)Nc1ccc2c(c1)CCN2)n1cccn1. The first-order valence-electron chi connectivity index (χ1n) is 6.41. The quantitative estimate of drug-likeness (QED) is 0.883. The van der Waals surface area contributed by atoms with Gasteiger partial charge >= 0.3 is 0 Å². The third kappa shape index (κ3) is 2.31. The van der Waals surface area contributed by atoms with Gasteiger partial charge in [-0.25, -0.2) is 0 Å². The van der Waals surface area contributed by atoms with Gasteiger partial charge in [-0.15, -0.1) is 0 Å². The van der Waals surface area contributed by atoms with Gasteiger partial charge in [0.2, 0.25) is 5.91 Å². The first-order valence-corrected chi connectivity index (χ1v) is 6.41. The lowest BCUT2D eigenvalue weighted by Gasteiger charge is -2.13. The van der Waals surface area contributed by atoms with Crippen LogP contribution in [-0.2, 0) is 11.2 Å². The number of hydrogen-bond donors (Lipinski definition) is 2. The van der Waals surface area contributed by atoms with Crippen molar-refractivity contribution in [3.05, 3.63) is 42.2 Å². The minimum Gasteiger partial charge on any atom is -0.384 e. The summed E-state index contributed by atoms with van der Waals surface area (Å²) in [5, 5.41) is 10.3. The van der Waals surface area contributed by atoms with Crippen LogP contribution < -0.4 is 10.6 Å². The molecule has 1 aromatic carbocycles. The van der Waals surface area contributed by atoms with Crippen LogP contribution in [0.2, 0.25) is 0 Å². The number of nitrogens with one attached hydrogen (secondary N) is 2. The Labute approximate surface area is 111 Å². The fourth-order valence-corrected chi connectivity index (χ4v) is 2.26. The molecule has 1 aromatic heterocycles. The predicted molar refractivity (Wildman–Crippen MR) is 74.2 cm³/mol. The van der Waals surface area contributed by atoms with Crippen LogP contribution in [0.15, 0.2) is 36.7 Å². The third-order valence-electron chi connectivity index (χ3n) is 3.38.